The van der Waals surface area contributed by atoms with Crippen molar-refractivity contribution >= 4 is 10.8 Å². The number of benzene rings is 2. The van der Waals surface area contributed by atoms with Gasteiger partial charge in [-0.25, -0.2) is 0 Å². The second-order valence-corrected chi connectivity index (χ2v) is 9.09. The molecule has 5 nitrogen and oxygen atoms in total. The normalized spacial score (nSPS) is 12.0. The summed E-state index contributed by atoms with van der Waals surface area (Å²) >= 11 is 0. The number of unbranched alkanes of at least 4 members (excludes halogenated alkanes) is 5. The SMILES string of the molecule is CCCCCCCCc1c2[n+](cc3c(OC)c(OC)ccc13)CCc1cc(OCC)c(O)cc1-2.[Cl-]. The van der Waals surface area contributed by atoms with Crippen molar-refractivity contribution in [3.05, 3.63) is 41.6 Å². The standard InChI is InChI=1S/C29H37NO4.ClH/c1-5-7-8-9-10-11-12-22-21-13-14-26(32-3)29(33-4)24(21)19-30-16-15-20-17-27(34-6-2)25(31)18-23(20)28(22)30;/h13-14,17-19H,5-12,15-16H2,1-4H3;1H. The number of hydrogen-bond acceptors (Lipinski definition) is 4. The Hall–Kier alpha value is -2.66. The van der Waals surface area contributed by atoms with E-state index in [9.17, 15) is 5.11 Å². The Bertz CT molecular complexity index is 1160. The molecule has 0 radical (unpaired) electrons. The second kappa shape index (κ2) is 12.3. The van der Waals surface area contributed by atoms with Gasteiger partial charge in [0, 0.05) is 17.4 Å². The Balaban J connectivity index is 0.00000342. The fourth-order valence-corrected chi connectivity index (χ4v) is 5.24. The summed E-state index contributed by atoms with van der Waals surface area (Å²) in [6.07, 6.45) is 11.6. The lowest BCUT2D eigenvalue weighted by atomic mass is 9.89. The zero-order valence-corrected chi connectivity index (χ0v) is 22.2. The summed E-state index contributed by atoms with van der Waals surface area (Å²) in [7, 11) is 3.39. The molecule has 2 heterocycles. The van der Waals surface area contributed by atoms with Gasteiger partial charge < -0.3 is 31.7 Å². The number of phenolic OH excluding ortho intramolecular Hbond substituents is 1. The molecule has 0 saturated heterocycles. The third kappa shape index (κ3) is 5.45. The van der Waals surface area contributed by atoms with E-state index in [2.05, 4.69) is 23.8 Å². The highest BCUT2D eigenvalue weighted by Crippen LogP contribution is 2.42. The van der Waals surface area contributed by atoms with Crippen LogP contribution in [0.4, 0.5) is 0 Å². The number of aryl methyl sites for hydroxylation is 3. The molecule has 3 aromatic rings. The molecule has 1 aliphatic heterocycles. The van der Waals surface area contributed by atoms with Crippen LogP contribution in [0.5, 0.6) is 23.0 Å². The molecule has 0 saturated carbocycles. The first kappa shape index (κ1) is 26.9. The zero-order valence-electron chi connectivity index (χ0n) is 21.5. The molecule has 190 valence electrons. The van der Waals surface area contributed by atoms with Crippen LogP contribution in [-0.2, 0) is 19.4 Å². The van der Waals surface area contributed by atoms with E-state index in [-0.39, 0.29) is 18.2 Å². The number of hydrogen-bond donors (Lipinski definition) is 1. The first-order chi connectivity index (χ1) is 16.6. The maximum absolute atomic E-state index is 10.7. The number of halogens is 1. The number of ether oxygens (including phenoxy) is 3. The van der Waals surface area contributed by atoms with Gasteiger partial charge in [0.05, 0.1) is 31.8 Å². The fourth-order valence-electron chi connectivity index (χ4n) is 5.24. The Morgan fingerprint density at radius 1 is 0.914 bits per heavy atom. The van der Waals surface area contributed by atoms with Crippen molar-refractivity contribution in [2.24, 2.45) is 0 Å². The lowest BCUT2D eigenvalue weighted by Crippen LogP contribution is -3.00. The minimum atomic E-state index is 0. The molecule has 2 aromatic carbocycles. The third-order valence-corrected chi connectivity index (χ3v) is 6.91. The molecule has 1 aliphatic rings. The van der Waals surface area contributed by atoms with E-state index in [1.54, 1.807) is 14.2 Å². The molecule has 0 amide bonds. The molecule has 35 heavy (non-hydrogen) atoms. The molecule has 0 unspecified atom stereocenters. The van der Waals surface area contributed by atoms with Crippen LogP contribution in [0, 0.1) is 0 Å². The van der Waals surface area contributed by atoms with Gasteiger partial charge in [-0.15, -0.1) is 0 Å². The highest BCUT2D eigenvalue weighted by molar-refractivity contribution is 5.95. The van der Waals surface area contributed by atoms with Crippen molar-refractivity contribution in [1.29, 1.82) is 0 Å². The summed E-state index contributed by atoms with van der Waals surface area (Å²) in [6.45, 7) is 5.60. The molecule has 0 bridgehead atoms. The zero-order chi connectivity index (χ0) is 24.1. The first-order valence-corrected chi connectivity index (χ1v) is 12.7. The van der Waals surface area contributed by atoms with E-state index in [1.165, 1.54) is 54.3 Å². The quantitative estimate of drug-likeness (QED) is 0.324. The average molecular weight is 500 g/mol. The van der Waals surface area contributed by atoms with Crippen LogP contribution in [0.3, 0.4) is 0 Å². The molecule has 1 aromatic heterocycles. The van der Waals surface area contributed by atoms with E-state index in [4.69, 9.17) is 14.2 Å². The van der Waals surface area contributed by atoms with Crippen molar-refractivity contribution < 1.29 is 36.3 Å². The predicted octanol–water partition coefficient (Wildman–Crippen LogP) is 3.38. The Morgan fingerprint density at radius 3 is 2.40 bits per heavy atom. The van der Waals surface area contributed by atoms with Crippen molar-refractivity contribution in [3.8, 4) is 34.3 Å². The number of rotatable bonds is 11. The summed E-state index contributed by atoms with van der Waals surface area (Å²) in [4.78, 5) is 0. The number of fused-ring (bicyclic) bond motifs is 4. The highest BCUT2D eigenvalue weighted by atomic mass is 35.5. The van der Waals surface area contributed by atoms with E-state index in [0.29, 0.717) is 12.4 Å². The van der Waals surface area contributed by atoms with Gasteiger partial charge in [0.1, 0.15) is 0 Å². The van der Waals surface area contributed by atoms with Crippen LogP contribution in [0.1, 0.15) is 63.5 Å². The number of methoxy groups -OCH3 is 2. The van der Waals surface area contributed by atoms with E-state index >= 15 is 0 Å². The van der Waals surface area contributed by atoms with Crippen molar-refractivity contribution in [2.45, 2.75) is 71.8 Å². The number of aromatic nitrogens is 1. The van der Waals surface area contributed by atoms with Gasteiger partial charge in [0.25, 0.3) is 0 Å². The number of nitrogens with zero attached hydrogens (tertiary/aromatic N) is 1. The maximum atomic E-state index is 10.7. The largest absolute Gasteiger partial charge is 1.00 e. The van der Waals surface area contributed by atoms with Crippen LogP contribution in [0.2, 0.25) is 0 Å². The molecular weight excluding hydrogens is 462 g/mol. The summed E-state index contributed by atoms with van der Waals surface area (Å²) in [5.74, 6) is 2.29. The number of aromatic hydroxyl groups is 1. The van der Waals surface area contributed by atoms with E-state index < -0.39 is 0 Å². The minimum absolute atomic E-state index is 0. The molecule has 0 fully saturated rings. The van der Waals surface area contributed by atoms with Crippen LogP contribution in [-0.4, -0.2) is 25.9 Å². The molecular formula is C29H38ClNO4. The summed E-state index contributed by atoms with van der Waals surface area (Å²) in [5.41, 5.74) is 4.85. The van der Waals surface area contributed by atoms with Crippen LogP contribution >= 0.6 is 0 Å². The Labute approximate surface area is 215 Å². The Morgan fingerprint density at radius 2 is 1.69 bits per heavy atom. The lowest BCUT2D eigenvalue weighted by Gasteiger charge is -2.21. The summed E-state index contributed by atoms with van der Waals surface area (Å²) in [5, 5.41) is 13.0. The molecule has 0 atom stereocenters. The molecule has 1 N–H and O–H groups in total. The van der Waals surface area contributed by atoms with Crippen LogP contribution in [0.15, 0.2) is 30.5 Å². The fraction of sp³-hybridized carbons (Fsp3) is 0.483. The first-order valence-electron chi connectivity index (χ1n) is 12.7. The second-order valence-electron chi connectivity index (χ2n) is 9.09. The average Bonchev–Trinajstić information content (AvgIpc) is 2.85. The summed E-state index contributed by atoms with van der Waals surface area (Å²) < 4.78 is 19.4. The van der Waals surface area contributed by atoms with Crippen LogP contribution < -0.4 is 31.2 Å². The molecule has 6 heteroatoms. The number of pyridine rings is 1. The smallest absolute Gasteiger partial charge is 0.216 e. The molecule has 4 rings (SSSR count). The van der Waals surface area contributed by atoms with E-state index in [1.807, 2.05) is 25.1 Å². The highest BCUT2D eigenvalue weighted by Gasteiger charge is 2.31. The van der Waals surface area contributed by atoms with Crippen LogP contribution in [0.25, 0.3) is 22.0 Å². The van der Waals surface area contributed by atoms with Gasteiger partial charge in [0.2, 0.25) is 5.69 Å². The minimum Gasteiger partial charge on any atom is -1.00 e. The van der Waals surface area contributed by atoms with E-state index in [0.717, 1.165) is 48.3 Å². The lowest BCUT2D eigenvalue weighted by molar-refractivity contribution is -0.686. The Kier molecular flexibility index (Phi) is 9.50. The van der Waals surface area contributed by atoms with Gasteiger partial charge >= 0.3 is 0 Å². The third-order valence-electron chi connectivity index (χ3n) is 6.91. The molecule has 0 aliphatic carbocycles. The van der Waals surface area contributed by atoms with Gasteiger partial charge in [-0.05, 0) is 49.6 Å². The maximum Gasteiger partial charge on any atom is 0.216 e. The number of phenols is 1. The topological polar surface area (TPSA) is 51.8 Å². The van der Waals surface area contributed by atoms with Gasteiger partial charge in [-0.2, -0.15) is 4.57 Å². The summed E-state index contributed by atoms with van der Waals surface area (Å²) in [6, 6.07) is 8.07. The monoisotopic (exact) mass is 499 g/mol. The molecule has 0 spiro atoms. The van der Waals surface area contributed by atoms with Gasteiger partial charge in [-0.1, -0.05) is 39.0 Å². The van der Waals surface area contributed by atoms with Crippen molar-refractivity contribution in [3.63, 3.8) is 0 Å². The van der Waals surface area contributed by atoms with Crippen molar-refractivity contribution in [1.82, 2.24) is 0 Å². The van der Waals surface area contributed by atoms with Gasteiger partial charge in [0.15, 0.2) is 35.7 Å². The predicted molar refractivity (Wildman–Crippen MR) is 136 cm³/mol. The van der Waals surface area contributed by atoms with Crippen molar-refractivity contribution in [2.75, 3.05) is 20.8 Å². The van der Waals surface area contributed by atoms with Gasteiger partial charge in [-0.3, -0.25) is 0 Å².